The van der Waals surface area contributed by atoms with Crippen LogP contribution in [0.4, 0.5) is 0 Å². The molecule has 1 aromatic carbocycles. The van der Waals surface area contributed by atoms with E-state index in [9.17, 15) is 4.79 Å². The van der Waals surface area contributed by atoms with Crippen molar-refractivity contribution in [1.29, 1.82) is 0 Å². The van der Waals surface area contributed by atoms with Crippen molar-refractivity contribution >= 4 is 43.5 Å². The van der Waals surface area contributed by atoms with Gasteiger partial charge >= 0.3 is 0 Å². The summed E-state index contributed by atoms with van der Waals surface area (Å²) in [4.78, 5) is 13.5. The van der Waals surface area contributed by atoms with Crippen molar-refractivity contribution in [2.75, 3.05) is 7.05 Å². The van der Waals surface area contributed by atoms with Crippen LogP contribution in [0.15, 0.2) is 28.7 Å². The van der Waals surface area contributed by atoms with Crippen LogP contribution in [0.2, 0.25) is 0 Å². The number of aryl methyl sites for hydroxylation is 1. The van der Waals surface area contributed by atoms with Crippen molar-refractivity contribution in [3.8, 4) is 0 Å². The number of carbonyl (C=O) groups is 1. The van der Waals surface area contributed by atoms with E-state index >= 15 is 0 Å². The maximum Gasteiger partial charge on any atom is 0.240 e. The van der Waals surface area contributed by atoms with E-state index in [1.165, 1.54) is 5.56 Å². The molecule has 0 aromatic heterocycles. The molecule has 1 aromatic rings. The SMILES string of the molecule is Cc1cc(Br)ccc1C1=CCC(Br)C(=O)N1C. The summed E-state index contributed by atoms with van der Waals surface area (Å²) in [5.74, 6) is 0.116. The highest BCUT2D eigenvalue weighted by atomic mass is 79.9. The summed E-state index contributed by atoms with van der Waals surface area (Å²) < 4.78 is 1.06. The first-order valence-electron chi connectivity index (χ1n) is 5.39. The Labute approximate surface area is 118 Å². The number of rotatable bonds is 1. The Balaban J connectivity index is 2.43. The second-order valence-electron chi connectivity index (χ2n) is 4.15. The molecular weight excluding hydrogens is 346 g/mol. The summed E-state index contributed by atoms with van der Waals surface area (Å²) in [5.41, 5.74) is 3.28. The van der Waals surface area contributed by atoms with Crippen LogP contribution < -0.4 is 0 Å². The quantitative estimate of drug-likeness (QED) is 0.700. The fourth-order valence-electron chi connectivity index (χ4n) is 1.99. The maximum absolute atomic E-state index is 11.9. The highest BCUT2D eigenvalue weighted by Gasteiger charge is 2.26. The Kier molecular flexibility index (Phi) is 3.73. The van der Waals surface area contributed by atoms with Gasteiger partial charge in [0.25, 0.3) is 0 Å². The molecule has 0 spiro atoms. The zero-order valence-corrected chi connectivity index (χ0v) is 12.9. The Morgan fingerprint density at radius 1 is 1.41 bits per heavy atom. The van der Waals surface area contributed by atoms with Gasteiger partial charge in [0.1, 0.15) is 0 Å². The Morgan fingerprint density at radius 3 is 2.76 bits per heavy atom. The van der Waals surface area contributed by atoms with E-state index < -0.39 is 0 Å². The van der Waals surface area contributed by atoms with Gasteiger partial charge in [-0.15, -0.1) is 0 Å². The van der Waals surface area contributed by atoms with Crippen molar-refractivity contribution in [3.63, 3.8) is 0 Å². The molecule has 0 radical (unpaired) electrons. The number of nitrogens with zero attached hydrogens (tertiary/aromatic N) is 1. The topological polar surface area (TPSA) is 20.3 Å². The van der Waals surface area contributed by atoms with Crippen molar-refractivity contribution in [2.45, 2.75) is 18.2 Å². The van der Waals surface area contributed by atoms with E-state index in [0.29, 0.717) is 0 Å². The average Bonchev–Trinajstić information content (AvgIpc) is 2.28. The number of benzene rings is 1. The van der Waals surface area contributed by atoms with Gasteiger partial charge in [0.05, 0.1) is 4.83 Å². The van der Waals surface area contributed by atoms with Gasteiger partial charge in [-0.1, -0.05) is 44.0 Å². The zero-order valence-electron chi connectivity index (χ0n) is 9.71. The fourth-order valence-corrected chi connectivity index (χ4v) is 2.96. The van der Waals surface area contributed by atoms with E-state index in [-0.39, 0.29) is 10.7 Å². The molecule has 1 amide bonds. The van der Waals surface area contributed by atoms with Crippen LogP contribution >= 0.6 is 31.9 Å². The van der Waals surface area contributed by atoms with Crippen LogP contribution in [-0.4, -0.2) is 22.7 Å². The molecule has 1 heterocycles. The van der Waals surface area contributed by atoms with Gasteiger partial charge < -0.3 is 4.90 Å². The molecule has 0 saturated carbocycles. The standard InChI is InChI=1S/C13H13Br2NO/c1-8-7-9(14)3-4-10(8)12-6-5-11(15)13(17)16(12)2/h3-4,6-7,11H,5H2,1-2H3. The molecule has 0 N–H and O–H groups in total. The normalized spacial score (nSPS) is 20.5. The van der Waals surface area contributed by atoms with Gasteiger partial charge in [-0.3, -0.25) is 4.79 Å². The number of carbonyl (C=O) groups excluding carboxylic acids is 1. The smallest absolute Gasteiger partial charge is 0.240 e. The van der Waals surface area contributed by atoms with Crippen molar-refractivity contribution in [1.82, 2.24) is 4.90 Å². The van der Waals surface area contributed by atoms with Gasteiger partial charge in [0.2, 0.25) is 5.91 Å². The molecule has 0 aliphatic carbocycles. The van der Waals surface area contributed by atoms with Gasteiger partial charge in [0, 0.05) is 22.8 Å². The van der Waals surface area contributed by atoms with E-state index in [0.717, 1.165) is 22.2 Å². The lowest BCUT2D eigenvalue weighted by molar-refractivity contribution is -0.126. The molecule has 1 aliphatic heterocycles. The van der Waals surface area contributed by atoms with Crippen LogP contribution in [0.1, 0.15) is 17.5 Å². The minimum atomic E-state index is -0.0907. The predicted octanol–water partition coefficient (Wildman–Crippen LogP) is 3.72. The van der Waals surface area contributed by atoms with Crippen molar-refractivity contribution < 1.29 is 4.79 Å². The lowest BCUT2D eigenvalue weighted by Gasteiger charge is -2.28. The third-order valence-corrected chi connectivity index (χ3v) is 4.20. The Bertz CT molecular complexity index is 496. The van der Waals surface area contributed by atoms with Gasteiger partial charge in [0.15, 0.2) is 0 Å². The lowest BCUT2D eigenvalue weighted by Crippen LogP contribution is -2.35. The van der Waals surface area contributed by atoms with Gasteiger partial charge in [-0.05, 0) is 31.0 Å². The van der Waals surface area contributed by atoms with Crippen LogP contribution in [0.25, 0.3) is 5.70 Å². The Morgan fingerprint density at radius 2 is 2.12 bits per heavy atom. The van der Waals surface area contributed by atoms with Crippen LogP contribution in [-0.2, 0) is 4.79 Å². The molecule has 90 valence electrons. The first kappa shape index (κ1) is 12.8. The number of alkyl halides is 1. The predicted molar refractivity (Wildman–Crippen MR) is 77.0 cm³/mol. The summed E-state index contributed by atoms with van der Waals surface area (Å²) in [6, 6.07) is 6.11. The highest BCUT2D eigenvalue weighted by molar-refractivity contribution is 9.10. The summed E-state index contributed by atoms with van der Waals surface area (Å²) in [5, 5.41) is 0. The third-order valence-electron chi connectivity index (χ3n) is 2.94. The van der Waals surface area contributed by atoms with Gasteiger partial charge in [-0.2, -0.15) is 0 Å². The average molecular weight is 359 g/mol. The molecule has 0 fully saturated rings. The van der Waals surface area contributed by atoms with E-state index in [1.807, 2.05) is 19.2 Å². The van der Waals surface area contributed by atoms with Crippen molar-refractivity contribution in [2.24, 2.45) is 0 Å². The molecule has 1 aliphatic rings. The molecule has 0 saturated heterocycles. The minimum Gasteiger partial charge on any atom is -0.314 e. The zero-order chi connectivity index (χ0) is 12.6. The van der Waals surface area contributed by atoms with E-state index in [2.05, 4.69) is 50.9 Å². The monoisotopic (exact) mass is 357 g/mol. The molecule has 2 rings (SSSR count). The van der Waals surface area contributed by atoms with Crippen molar-refractivity contribution in [3.05, 3.63) is 39.9 Å². The molecule has 17 heavy (non-hydrogen) atoms. The molecule has 1 atom stereocenters. The lowest BCUT2D eigenvalue weighted by atomic mass is 10.0. The molecule has 0 bridgehead atoms. The second kappa shape index (κ2) is 4.94. The van der Waals surface area contributed by atoms with Crippen LogP contribution in [0, 0.1) is 6.92 Å². The number of hydrogen-bond donors (Lipinski definition) is 0. The highest BCUT2D eigenvalue weighted by Crippen LogP contribution is 2.30. The summed E-state index contributed by atoms with van der Waals surface area (Å²) >= 11 is 6.83. The number of amides is 1. The molecule has 4 heteroatoms. The number of halogens is 2. The first-order valence-corrected chi connectivity index (χ1v) is 7.10. The summed E-state index contributed by atoms with van der Waals surface area (Å²) in [7, 11) is 1.82. The molecule has 2 nitrogen and oxygen atoms in total. The first-order chi connectivity index (χ1) is 8.00. The molecule has 1 unspecified atom stereocenters. The summed E-state index contributed by atoms with van der Waals surface area (Å²) in [6.07, 6.45) is 2.85. The second-order valence-corrected chi connectivity index (χ2v) is 6.17. The minimum absolute atomic E-state index is 0.0907. The van der Waals surface area contributed by atoms with Crippen LogP contribution in [0.5, 0.6) is 0 Å². The largest absolute Gasteiger partial charge is 0.314 e. The maximum atomic E-state index is 11.9. The number of hydrogen-bond acceptors (Lipinski definition) is 1. The van der Waals surface area contributed by atoms with Crippen LogP contribution in [0.3, 0.4) is 0 Å². The number of allylic oxidation sites excluding steroid dienone is 1. The van der Waals surface area contributed by atoms with E-state index in [1.54, 1.807) is 4.90 Å². The van der Waals surface area contributed by atoms with E-state index in [4.69, 9.17) is 0 Å². The fraction of sp³-hybridized carbons (Fsp3) is 0.308. The van der Waals surface area contributed by atoms with Gasteiger partial charge in [-0.25, -0.2) is 0 Å². The Hall–Kier alpha value is -0.610. The molecular formula is C13H13Br2NO. The third kappa shape index (κ3) is 2.47. The summed E-state index contributed by atoms with van der Waals surface area (Å²) in [6.45, 7) is 2.06.